The maximum absolute atomic E-state index is 13.1. The lowest BCUT2D eigenvalue weighted by Crippen LogP contribution is -2.34. The van der Waals surface area contributed by atoms with Gasteiger partial charge in [-0.1, -0.05) is 48.6 Å². The van der Waals surface area contributed by atoms with Gasteiger partial charge in [-0.25, -0.2) is 4.98 Å². The van der Waals surface area contributed by atoms with Crippen LogP contribution < -0.4 is 10.6 Å². The van der Waals surface area contributed by atoms with Crippen LogP contribution in [0.5, 0.6) is 0 Å². The predicted octanol–water partition coefficient (Wildman–Crippen LogP) is 5.22. The molecule has 3 aromatic rings. The lowest BCUT2D eigenvalue weighted by molar-refractivity contribution is -0.146. The zero-order valence-corrected chi connectivity index (χ0v) is 19.7. The monoisotopic (exact) mass is 493 g/mol. The zero-order chi connectivity index (χ0) is 23.9. The van der Waals surface area contributed by atoms with E-state index < -0.39 is 23.1 Å². The summed E-state index contributed by atoms with van der Waals surface area (Å²) in [6.07, 6.45) is 6.02. The summed E-state index contributed by atoms with van der Waals surface area (Å²) in [4.78, 5) is 42.4. The summed E-state index contributed by atoms with van der Waals surface area (Å²) in [5.74, 6) is -2.84. The Bertz CT molecular complexity index is 1180. The van der Waals surface area contributed by atoms with Gasteiger partial charge in [0.1, 0.15) is 5.25 Å². The maximum atomic E-state index is 13.1. The Morgan fingerprint density at radius 1 is 1.00 bits per heavy atom. The van der Waals surface area contributed by atoms with Crippen LogP contribution in [-0.2, 0) is 14.4 Å². The van der Waals surface area contributed by atoms with Crippen molar-refractivity contribution in [2.75, 3.05) is 10.6 Å². The average molecular weight is 494 g/mol. The Morgan fingerprint density at radius 3 is 2.47 bits per heavy atom. The summed E-state index contributed by atoms with van der Waals surface area (Å²) < 4.78 is 0. The summed E-state index contributed by atoms with van der Waals surface area (Å²) in [7, 11) is 0. The SMILES string of the molecule is O=C(Nc1nccs1)C(Sc1cccc(NC(=O)C2CC=CCC2C(=O)O)c1)c1ccccc1. The van der Waals surface area contributed by atoms with Crippen LogP contribution in [-0.4, -0.2) is 27.9 Å². The van der Waals surface area contributed by atoms with E-state index in [1.54, 1.807) is 35.9 Å². The van der Waals surface area contributed by atoms with Gasteiger partial charge in [0, 0.05) is 22.2 Å². The predicted molar refractivity (Wildman–Crippen MR) is 134 cm³/mol. The van der Waals surface area contributed by atoms with E-state index in [9.17, 15) is 19.5 Å². The number of allylic oxidation sites excluding steroid dienone is 2. The zero-order valence-electron chi connectivity index (χ0n) is 18.1. The molecule has 0 bridgehead atoms. The van der Waals surface area contributed by atoms with Crippen molar-refractivity contribution in [3.05, 3.63) is 83.9 Å². The maximum Gasteiger partial charge on any atom is 0.307 e. The van der Waals surface area contributed by atoms with Gasteiger partial charge in [0.05, 0.1) is 11.8 Å². The van der Waals surface area contributed by atoms with E-state index in [4.69, 9.17) is 0 Å². The molecule has 3 unspecified atom stereocenters. The molecule has 3 atom stereocenters. The molecule has 0 saturated heterocycles. The van der Waals surface area contributed by atoms with Gasteiger partial charge < -0.3 is 15.7 Å². The first-order chi connectivity index (χ1) is 16.5. The number of hydrogen-bond acceptors (Lipinski definition) is 6. The first kappa shape index (κ1) is 23.7. The molecule has 0 fully saturated rings. The lowest BCUT2D eigenvalue weighted by Gasteiger charge is -2.24. The number of nitrogens with zero attached hydrogens (tertiary/aromatic N) is 1. The topological polar surface area (TPSA) is 108 Å². The number of amides is 2. The van der Waals surface area contributed by atoms with E-state index in [0.29, 0.717) is 23.7 Å². The Kier molecular flexibility index (Phi) is 7.76. The van der Waals surface area contributed by atoms with Crippen LogP contribution in [0.15, 0.2) is 83.2 Å². The number of benzene rings is 2. The molecule has 4 rings (SSSR count). The Morgan fingerprint density at radius 2 is 1.76 bits per heavy atom. The van der Waals surface area contributed by atoms with Crippen molar-refractivity contribution in [3.63, 3.8) is 0 Å². The van der Waals surface area contributed by atoms with Gasteiger partial charge in [0.25, 0.3) is 0 Å². The van der Waals surface area contributed by atoms with Crippen molar-refractivity contribution < 1.29 is 19.5 Å². The third-order valence-corrected chi connectivity index (χ3v) is 7.38. The van der Waals surface area contributed by atoms with Crippen LogP contribution in [0.2, 0.25) is 0 Å². The number of anilines is 2. The van der Waals surface area contributed by atoms with Crippen molar-refractivity contribution in [3.8, 4) is 0 Å². The van der Waals surface area contributed by atoms with E-state index >= 15 is 0 Å². The van der Waals surface area contributed by atoms with E-state index in [1.807, 2.05) is 42.5 Å². The fraction of sp³-hybridized carbons (Fsp3) is 0.200. The standard InChI is InChI=1S/C25H23N3O4S2/c29-22(19-11-4-5-12-20(19)24(31)32)27-17-9-6-10-18(15-17)34-21(16-7-2-1-3-8-16)23(30)28-25-26-13-14-33-25/h1-10,13-15,19-21H,11-12H2,(H,27,29)(H,31,32)(H,26,28,30). The average Bonchev–Trinajstić information content (AvgIpc) is 3.36. The number of carbonyl (C=O) groups is 3. The second-order valence-corrected chi connectivity index (χ2v) is 9.82. The molecule has 2 amide bonds. The molecule has 1 heterocycles. The summed E-state index contributed by atoms with van der Waals surface area (Å²) in [6.45, 7) is 0. The number of hydrogen-bond donors (Lipinski definition) is 3. The molecule has 1 aliphatic rings. The highest BCUT2D eigenvalue weighted by atomic mass is 32.2. The van der Waals surface area contributed by atoms with Crippen molar-refractivity contribution in [1.29, 1.82) is 0 Å². The number of thiazole rings is 1. The fourth-order valence-corrected chi connectivity index (χ4v) is 5.37. The third-order valence-electron chi connectivity index (χ3n) is 5.44. The van der Waals surface area contributed by atoms with Gasteiger partial charge >= 0.3 is 5.97 Å². The van der Waals surface area contributed by atoms with Crippen LogP contribution in [0.3, 0.4) is 0 Å². The molecular formula is C25H23N3O4S2. The van der Waals surface area contributed by atoms with Crippen LogP contribution >= 0.6 is 23.1 Å². The van der Waals surface area contributed by atoms with Crippen LogP contribution in [0.25, 0.3) is 0 Å². The Labute approximate surface area is 205 Å². The van der Waals surface area contributed by atoms with Gasteiger partial charge in [-0.2, -0.15) is 0 Å². The minimum atomic E-state index is -0.967. The summed E-state index contributed by atoms with van der Waals surface area (Å²) in [5.41, 5.74) is 1.40. The molecule has 0 radical (unpaired) electrons. The van der Waals surface area contributed by atoms with Crippen LogP contribution in [0.4, 0.5) is 10.8 Å². The van der Waals surface area contributed by atoms with Crippen molar-refractivity contribution in [2.45, 2.75) is 23.0 Å². The van der Waals surface area contributed by atoms with Gasteiger partial charge in [0.2, 0.25) is 11.8 Å². The largest absolute Gasteiger partial charge is 0.481 e. The molecule has 34 heavy (non-hydrogen) atoms. The van der Waals surface area contributed by atoms with Gasteiger partial charge in [-0.05, 0) is 36.6 Å². The summed E-state index contributed by atoms with van der Waals surface area (Å²) >= 11 is 2.71. The Hall–Kier alpha value is -3.43. The number of thioether (sulfide) groups is 1. The highest BCUT2D eigenvalue weighted by Gasteiger charge is 2.34. The number of carboxylic acids is 1. The van der Waals surface area contributed by atoms with E-state index in [0.717, 1.165) is 10.5 Å². The summed E-state index contributed by atoms with van der Waals surface area (Å²) in [5, 5.41) is 17.0. The lowest BCUT2D eigenvalue weighted by atomic mass is 9.82. The second kappa shape index (κ2) is 11.1. The van der Waals surface area contributed by atoms with Crippen molar-refractivity contribution in [1.82, 2.24) is 4.98 Å². The molecule has 7 nitrogen and oxygen atoms in total. The van der Waals surface area contributed by atoms with Crippen molar-refractivity contribution >= 4 is 51.7 Å². The number of aliphatic carboxylic acids is 1. The number of carbonyl (C=O) groups excluding carboxylic acids is 2. The molecule has 0 saturated carbocycles. The Balaban J connectivity index is 1.51. The molecular weight excluding hydrogens is 470 g/mol. The van der Waals surface area contributed by atoms with E-state index in [1.165, 1.54) is 23.1 Å². The molecule has 1 aromatic heterocycles. The van der Waals surface area contributed by atoms with E-state index in [-0.39, 0.29) is 11.8 Å². The first-order valence-electron chi connectivity index (χ1n) is 10.7. The first-order valence-corrected chi connectivity index (χ1v) is 12.5. The van der Waals surface area contributed by atoms with E-state index in [2.05, 4.69) is 15.6 Å². The molecule has 3 N–H and O–H groups in total. The smallest absolute Gasteiger partial charge is 0.307 e. The fourth-order valence-electron chi connectivity index (χ4n) is 3.75. The van der Waals surface area contributed by atoms with Crippen LogP contribution in [0.1, 0.15) is 23.7 Å². The minimum Gasteiger partial charge on any atom is -0.481 e. The highest BCUT2D eigenvalue weighted by Crippen LogP contribution is 2.37. The summed E-state index contributed by atoms with van der Waals surface area (Å²) in [6, 6.07) is 16.7. The normalized spacial score (nSPS) is 18.1. The molecule has 174 valence electrons. The van der Waals surface area contributed by atoms with Crippen molar-refractivity contribution in [2.24, 2.45) is 11.8 Å². The van der Waals surface area contributed by atoms with Gasteiger partial charge in [-0.15, -0.1) is 23.1 Å². The molecule has 0 spiro atoms. The number of nitrogens with one attached hydrogen (secondary N) is 2. The molecule has 2 aromatic carbocycles. The molecule has 1 aliphatic carbocycles. The minimum absolute atomic E-state index is 0.195. The quantitative estimate of drug-likeness (QED) is 0.293. The number of carboxylic acid groups (broad SMARTS) is 1. The molecule has 0 aliphatic heterocycles. The van der Waals surface area contributed by atoms with Crippen LogP contribution in [0, 0.1) is 11.8 Å². The highest BCUT2D eigenvalue weighted by molar-refractivity contribution is 8.00. The second-order valence-electron chi connectivity index (χ2n) is 7.75. The third kappa shape index (κ3) is 5.92. The number of rotatable bonds is 8. The number of aromatic nitrogens is 1. The van der Waals surface area contributed by atoms with Gasteiger partial charge in [-0.3, -0.25) is 14.4 Å². The molecule has 9 heteroatoms. The van der Waals surface area contributed by atoms with Gasteiger partial charge in [0.15, 0.2) is 5.13 Å².